The lowest BCUT2D eigenvalue weighted by Crippen LogP contribution is -2.00. The third kappa shape index (κ3) is 30.4. The number of ketones is 1. The van der Waals surface area contributed by atoms with Crippen molar-refractivity contribution in [2.75, 3.05) is 0 Å². The van der Waals surface area contributed by atoms with Gasteiger partial charge in [-0.25, -0.2) is 0 Å². The third-order valence-electron chi connectivity index (χ3n) is 0.400. The van der Waals surface area contributed by atoms with Crippen molar-refractivity contribution in [3.8, 4) is 6.07 Å². The Hall–Kier alpha value is -1.37. The van der Waals surface area contributed by atoms with E-state index in [1.807, 2.05) is 0 Å². The van der Waals surface area contributed by atoms with E-state index in [1.165, 1.54) is 13.8 Å². The van der Waals surface area contributed by atoms with E-state index in [0.717, 1.165) is 0 Å². The molecule has 0 radical (unpaired) electrons. The molecule has 0 unspecified atom stereocenters. The summed E-state index contributed by atoms with van der Waals surface area (Å²) in [6.07, 6.45) is -0.361. The standard InChI is InChI=1S/C4H6O3.C2H3N/c1-3(5)2-4(6)7;1-2-3/h2H2,1H3,(H,6,7);1H3. The molecule has 0 aliphatic rings. The van der Waals surface area contributed by atoms with Gasteiger partial charge in [-0.1, -0.05) is 0 Å². The molecule has 0 aliphatic heterocycles. The molecule has 0 spiro atoms. The quantitative estimate of drug-likeness (QED) is 0.573. The van der Waals surface area contributed by atoms with Crippen molar-refractivity contribution >= 4 is 11.8 Å². The van der Waals surface area contributed by atoms with Gasteiger partial charge in [0.1, 0.15) is 12.2 Å². The van der Waals surface area contributed by atoms with Crippen LogP contribution in [0.1, 0.15) is 20.3 Å². The molecule has 0 rings (SSSR count). The second-order valence-corrected chi connectivity index (χ2v) is 1.50. The topological polar surface area (TPSA) is 78.2 Å². The van der Waals surface area contributed by atoms with Crippen LogP contribution >= 0.6 is 0 Å². The zero-order valence-corrected chi connectivity index (χ0v) is 5.92. The molecule has 0 aliphatic carbocycles. The van der Waals surface area contributed by atoms with E-state index in [1.54, 1.807) is 6.07 Å². The summed E-state index contributed by atoms with van der Waals surface area (Å²) in [5.41, 5.74) is 0. The lowest BCUT2D eigenvalue weighted by molar-refractivity contribution is -0.139. The maximum absolute atomic E-state index is 9.87. The molecule has 0 aromatic heterocycles. The lowest BCUT2D eigenvalue weighted by Gasteiger charge is -1.80. The number of Topliss-reactive ketones (excluding diaryl/α,β-unsaturated/α-hetero) is 1. The van der Waals surface area contributed by atoms with Gasteiger partial charge in [0.2, 0.25) is 0 Å². The molecule has 56 valence electrons. The summed E-state index contributed by atoms with van der Waals surface area (Å²) in [5.74, 6) is -1.37. The molecule has 10 heavy (non-hydrogen) atoms. The number of carbonyl (C=O) groups excluding carboxylic acids is 1. The zero-order chi connectivity index (χ0) is 8.57. The Bertz CT molecular complexity index is 145. The van der Waals surface area contributed by atoms with Crippen LogP contribution in [-0.2, 0) is 9.59 Å². The lowest BCUT2D eigenvalue weighted by atomic mass is 10.3. The highest BCUT2D eigenvalue weighted by molar-refractivity contribution is 5.93. The van der Waals surface area contributed by atoms with Crippen LogP contribution in [0.4, 0.5) is 0 Å². The van der Waals surface area contributed by atoms with Crippen molar-refractivity contribution < 1.29 is 14.7 Å². The van der Waals surface area contributed by atoms with Gasteiger partial charge >= 0.3 is 5.97 Å². The number of carboxylic acid groups (broad SMARTS) is 1. The maximum atomic E-state index is 9.87. The molecule has 0 saturated heterocycles. The van der Waals surface area contributed by atoms with Crippen LogP contribution in [-0.4, -0.2) is 16.9 Å². The Morgan fingerprint density at radius 2 is 1.90 bits per heavy atom. The summed E-state index contributed by atoms with van der Waals surface area (Å²) in [5, 5.41) is 15.2. The Labute approximate surface area is 59.1 Å². The monoisotopic (exact) mass is 143 g/mol. The highest BCUT2D eigenvalue weighted by Crippen LogP contribution is 1.77. The van der Waals surface area contributed by atoms with Gasteiger partial charge in [-0.05, 0) is 6.92 Å². The molecule has 4 nitrogen and oxygen atoms in total. The van der Waals surface area contributed by atoms with Gasteiger partial charge in [-0.2, -0.15) is 5.26 Å². The molecule has 4 heteroatoms. The SMILES string of the molecule is CC#N.CC(=O)CC(=O)O. The summed E-state index contributed by atoms with van der Waals surface area (Å²) < 4.78 is 0. The predicted octanol–water partition coefficient (Wildman–Crippen LogP) is 0.580. The summed E-state index contributed by atoms with van der Waals surface area (Å²) in [6, 6.07) is 1.75. The van der Waals surface area contributed by atoms with E-state index in [9.17, 15) is 9.59 Å². The van der Waals surface area contributed by atoms with E-state index >= 15 is 0 Å². The van der Waals surface area contributed by atoms with Crippen molar-refractivity contribution in [3.63, 3.8) is 0 Å². The van der Waals surface area contributed by atoms with Crippen molar-refractivity contribution in [1.82, 2.24) is 0 Å². The number of carboxylic acids is 1. The number of hydrogen-bond acceptors (Lipinski definition) is 3. The molecular weight excluding hydrogens is 134 g/mol. The summed E-state index contributed by atoms with van der Waals surface area (Å²) in [6.45, 7) is 2.67. The van der Waals surface area contributed by atoms with Gasteiger partial charge in [-0.15, -0.1) is 0 Å². The van der Waals surface area contributed by atoms with Crippen LogP contribution in [0, 0.1) is 11.3 Å². The maximum Gasteiger partial charge on any atom is 0.310 e. The second kappa shape index (κ2) is 7.63. The van der Waals surface area contributed by atoms with Crippen molar-refractivity contribution in [3.05, 3.63) is 0 Å². The first-order valence-electron chi connectivity index (χ1n) is 2.56. The van der Waals surface area contributed by atoms with Crippen LogP contribution in [0.5, 0.6) is 0 Å². The fourth-order valence-electron chi connectivity index (χ4n) is 0.213. The first kappa shape index (κ1) is 11.4. The Morgan fingerprint density at radius 3 is 1.90 bits per heavy atom. The van der Waals surface area contributed by atoms with Gasteiger partial charge in [0.25, 0.3) is 0 Å². The van der Waals surface area contributed by atoms with E-state index in [2.05, 4.69) is 0 Å². The average molecular weight is 143 g/mol. The first-order valence-corrected chi connectivity index (χ1v) is 2.56. The molecular formula is C6H9NO3. The minimum Gasteiger partial charge on any atom is -0.481 e. The van der Waals surface area contributed by atoms with Crippen LogP contribution < -0.4 is 0 Å². The molecule has 0 aromatic carbocycles. The molecule has 1 N–H and O–H groups in total. The van der Waals surface area contributed by atoms with E-state index < -0.39 is 5.97 Å². The first-order chi connectivity index (χ1) is 4.54. The average Bonchev–Trinajstić information content (AvgIpc) is 1.62. The Kier molecular flexibility index (Phi) is 8.72. The van der Waals surface area contributed by atoms with Crippen LogP contribution in [0.15, 0.2) is 0 Å². The minimum atomic E-state index is -1.06. The largest absolute Gasteiger partial charge is 0.481 e. The van der Waals surface area contributed by atoms with Crippen molar-refractivity contribution in [2.45, 2.75) is 20.3 Å². The van der Waals surface area contributed by atoms with Gasteiger partial charge in [0.15, 0.2) is 0 Å². The number of hydrogen-bond donors (Lipinski definition) is 1. The predicted molar refractivity (Wildman–Crippen MR) is 34.2 cm³/mol. The molecule has 0 saturated carbocycles. The van der Waals surface area contributed by atoms with Crippen LogP contribution in [0.3, 0.4) is 0 Å². The molecule has 0 fully saturated rings. The number of carbonyl (C=O) groups is 2. The highest BCUT2D eigenvalue weighted by atomic mass is 16.4. The minimum absolute atomic E-state index is 0.312. The van der Waals surface area contributed by atoms with Crippen molar-refractivity contribution in [2.24, 2.45) is 0 Å². The highest BCUT2D eigenvalue weighted by Gasteiger charge is 1.98. The smallest absolute Gasteiger partial charge is 0.310 e. The third-order valence-corrected chi connectivity index (χ3v) is 0.400. The van der Waals surface area contributed by atoms with Gasteiger partial charge in [0.05, 0.1) is 6.07 Å². The summed E-state index contributed by atoms with van der Waals surface area (Å²) in [7, 11) is 0. The molecule has 0 atom stereocenters. The summed E-state index contributed by atoms with van der Waals surface area (Å²) in [4.78, 5) is 19.5. The van der Waals surface area contributed by atoms with Crippen LogP contribution in [0.25, 0.3) is 0 Å². The fourth-order valence-corrected chi connectivity index (χ4v) is 0.213. The second-order valence-electron chi connectivity index (χ2n) is 1.50. The molecule has 0 aromatic rings. The number of nitrogens with zero attached hydrogens (tertiary/aromatic N) is 1. The molecule has 0 heterocycles. The molecule has 0 bridgehead atoms. The van der Waals surface area contributed by atoms with Gasteiger partial charge in [0, 0.05) is 6.92 Å². The summed E-state index contributed by atoms with van der Waals surface area (Å²) >= 11 is 0. The van der Waals surface area contributed by atoms with E-state index in [4.69, 9.17) is 10.4 Å². The fraction of sp³-hybridized carbons (Fsp3) is 0.500. The van der Waals surface area contributed by atoms with Crippen LogP contribution in [0.2, 0.25) is 0 Å². The zero-order valence-electron chi connectivity index (χ0n) is 5.92. The number of rotatable bonds is 2. The number of nitriles is 1. The van der Waals surface area contributed by atoms with E-state index in [-0.39, 0.29) is 12.2 Å². The normalized spacial score (nSPS) is 6.50. The van der Waals surface area contributed by atoms with Crippen molar-refractivity contribution in [1.29, 1.82) is 5.26 Å². The number of aliphatic carboxylic acids is 1. The Morgan fingerprint density at radius 1 is 1.60 bits per heavy atom. The van der Waals surface area contributed by atoms with Gasteiger partial charge in [-0.3, -0.25) is 9.59 Å². The van der Waals surface area contributed by atoms with Gasteiger partial charge < -0.3 is 5.11 Å². The molecule has 0 amide bonds. The Balaban J connectivity index is 0. The van der Waals surface area contributed by atoms with E-state index in [0.29, 0.717) is 0 Å².